The molecule has 0 radical (unpaired) electrons. The molecule has 122 valence electrons. The summed E-state index contributed by atoms with van der Waals surface area (Å²) in [6.45, 7) is 6.06. The van der Waals surface area contributed by atoms with Crippen LogP contribution in [0.15, 0.2) is 0 Å². The van der Waals surface area contributed by atoms with Crippen LogP contribution < -0.4 is 5.32 Å². The van der Waals surface area contributed by atoms with E-state index in [1.807, 2.05) is 32.5 Å². The van der Waals surface area contributed by atoms with Gasteiger partial charge in [0.1, 0.15) is 6.04 Å². The van der Waals surface area contributed by atoms with Crippen molar-refractivity contribution in [3.8, 4) is 0 Å². The topological polar surface area (TPSA) is 75.6 Å². The Hall–Kier alpha value is -0.400. The molecule has 0 aromatic carbocycles. The molecule has 1 amide bonds. The molecular formula is C14H25NO4S2. The van der Waals surface area contributed by atoms with Gasteiger partial charge in [-0.25, -0.2) is 4.79 Å². The SMILES string of the molecule is CC(C)(C)OCCC(NC(=O)CC1CSCCS1)C(=O)O. The first-order valence-electron chi connectivity index (χ1n) is 7.13. The van der Waals surface area contributed by atoms with Crippen LogP contribution in [0.1, 0.15) is 33.6 Å². The normalized spacial score (nSPS) is 20.8. The highest BCUT2D eigenvalue weighted by atomic mass is 32.2. The van der Waals surface area contributed by atoms with Crippen molar-refractivity contribution in [3.05, 3.63) is 0 Å². The van der Waals surface area contributed by atoms with Gasteiger partial charge >= 0.3 is 5.97 Å². The average Bonchev–Trinajstić information content (AvgIpc) is 2.37. The smallest absolute Gasteiger partial charge is 0.326 e. The highest BCUT2D eigenvalue weighted by Gasteiger charge is 2.24. The lowest BCUT2D eigenvalue weighted by atomic mass is 10.1. The highest BCUT2D eigenvalue weighted by molar-refractivity contribution is 8.06. The number of hydrogen-bond acceptors (Lipinski definition) is 5. The molecule has 1 aliphatic heterocycles. The highest BCUT2D eigenvalue weighted by Crippen LogP contribution is 2.26. The van der Waals surface area contributed by atoms with E-state index < -0.39 is 12.0 Å². The monoisotopic (exact) mass is 335 g/mol. The lowest BCUT2D eigenvalue weighted by Crippen LogP contribution is -2.43. The van der Waals surface area contributed by atoms with Crippen LogP contribution in [0.2, 0.25) is 0 Å². The van der Waals surface area contributed by atoms with Gasteiger partial charge in [-0.1, -0.05) is 0 Å². The van der Waals surface area contributed by atoms with Crippen molar-refractivity contribution in [3.63, 3.8) is 0 Å². The van der Waals surface area contributed by atoms with Crippen LogP contribution in [0.4, 0.5) is 0 Å². The van der Waals surface area contributed by atoms with Crippen LogP contribution in [0.5, 0.6) is 0 Å². The van der Waals surface area contributed by atoms with Crippen molar-refractivity contribution < 1.29 is 19.4 Å². The maximum atomic E-state index is 11.9. The molecule has 1 rings (SSSR count). The zero-order valence-electron chi connectivity index (χ0n) is 12.9. The number of ether oxygens (including phenoxy) is 1. The molecule has 2 N–H and O–H groups in total. The quantitative estimate of drug-likeness (QED) is 0.741. The van der Waals surface area contributed by atoms with Crippen LogP contribution in [0, 0.1) is 0 Å². The molecule has 1 heterocycles. The Kier molecular flexibility index (Phi) is 7.90. The molecule has 7 heteroatoms. The first kappa shape index (κ1) is 18.6. The molecule has 0 aromatic rings. The van der Waals surface area contributed by atoms with E-state index in [9.17, 15) is 14.7 Å². The minimum absolute atomic E-state index is 0.182. The molecule has 0 bridgehead atoms. The molecule has 0 aromatic heterocycles. The summed E-state index contributed by atoms with van der Waals surface area (Å²) in [5.41, 5.74) is -0.303. The van der Waals surface area contributed by atoms with E-state index in [1.165, 1.54) is 0 Å². The second-order valence-corrected chi connectivity index (χ2v) is 8.54. The molecule has 0 spiro atoms. The Bertz CT molecular complexity index is 351. The molecule has 0 saturated carbocycles. The van der Waals surface area contributed by atoms with Gasteiger partial charge < -0.3 is 15.2 Å². The number of carboxylic acids is 1. The van der Waals surface area contributed by atoms with E-state index in [1.54, 1.807) is 11.8 Å². The van der Waals surface area contributed by atoms with Crippen molar-refractivity contribution in [1.82, 2.24) is 5.32 Å². The van der Waals surface area contributed by atoms with Gasteiger partial charge in [0, 0.05) is 42.0 Å². The first-order valence-corrected chi connectivity index (χ1v) is 9.34. The molecular weight excluding hydrogens is 310 g/mol. The summed E-state index contributed by atoms with van der Waals surface area (Å²) in [6, 6.07) is -0.874. The minimum Gasteiger partial charge on any atom is -0.480 e. The maximum Gasteiger partial charge on any atom is 0.326 e. The van der Waals surface area contributed by atoms with E-state index in [4.69, 9.17) is 4.74 Å². The van der Waals surface area contributed by atoms with Crippen molar-refractivity contribution in [2.75, 3.05) is 23.9 Å². The second kappa shape index (κ2) is 8.90. The predicted molar refractivity (Wildman–Crippen MR) is 88.1 cm³/mol. The predicted octanol–water partition coefficient (Wildman–Crippen LogP) is 2.00. The second-order valence-electron chi connectivity index (χ2n) is 5.98. The number of carbonyl (C=O) groups is 2. The summed E-state index contributed by atoms with van der Waals surface area (Å²) in [5, 5.41) is 12.1. The van der Waals surface area contributed by atoms with E-state index in [-0.39, 0.29) is 17.9 Å². The standard InChI is InChI=1S/C14H25NO4S2/c1-14(2,3)19-5-4-11(13(17)18)15-12(16)8-10-9-20-6-7-21-10/h10-11H,4-9H2,1-3H3,(H,15,16)(H,17,18). The van der Waals surface area contributed by atoms with Crippen LogP contribution in [0.3, 0.4) is 0 Å². The maximum absolute atomic E-state index is 11.9. The molecule has 21 heavy (non-hydrogen) atoms. The largest absolute Gasteiger partial charge is 0.480 e. The molecule has 0 aliphatic carbocycles. The first-order chi connectivity index (χ1) is 9.78. The lowest BCUT2D eigenvalue weighted by Gasteiger charge is -2.23. The molecule has 1 fully saturated rings. The summed E-state index contributed by atoms with van der Waals surface area (Å²) in [5.74, 6) is 1.96. The summed E-state index contributed by atoms with van der Waals surface area (Å²) in [7, 11) is 0. The van der Waals surface area contributed by atoms with Crippen molar-refractivity contribution in [1.29, 1.82) is 0 Å². The molecule has 2 atom stereocenters. The molecule has 2 unspecified atom stereocenters. The fourth-order valence-corrected chi connectivity index (χ4v) is 4.53. The third kappa shape index (κ3) is 8.58. The van der Waals surface area contributed by atoms with Crippen LogP contribution in [-0.4, -0.2) is 57.7 Å². The van der Waals surface area contributed by atoms with Gasteiger partial charge in [-0.05, 0) is 20.8 Å². The molecule has 5 nitrogen and oxygen atoms in total. The number of carbonyl (C=O) groups excluding carboxylic acids is 1. The zero-order valence-corrected chi connectivity index (χ0v) is 14.5. The summed E-state index contributed by atoms with van der Waals surface area (Å²) in [6.07, 6.45) is 0.673. The number of amides is 1. The van der Waals surface area contributed by atoms with Gasteiger partial charge in [0.2, 0.25) is 5.91 Å². The fraction of sp³-hybridized carbons (Fsp3) is 0.857. The number of hydrogen-bond donors (Lipinski definition) is 2. The fourth-order valence-electron chi connectivity index (χ4n) is 1.85. The van der Waals surface area contributed by atoms with Crippen LogP contribution in [-0.2, 0) is 14.3 Å². The number of thioether (sulfide) groups is 2. The van der Waals surface area contributed by atoms with Crippen molar-refractivity contribution in [2.24, 2.45) is 0 Å². The molecule has 1 aliphatic rings. The summed E-state index contributed by atoms with van der Waals surface area (Å²) < 4.78 is 5.52. The average molecular weight is 335 g/mol. The number of rotatable bonds is 7. The third-order valence-corrected chi connectivity index (χ3v) is 5.72. The van der Waals surface area contributed by atoms with Gasteiger partial charge in [0.05, 0.1) is 5.60 Å². The van der Waals surface area contributed by atoms with E-state index in [2.05, 4.69) is 5.32 Å². The Morgan fingerprint density at radius 1 is 1.38 bits per heavy atom. The van der Waals surface area contributed by atoms with E-state index >= 15 is 0 Å². The zero-order chi connectivity index (χ0) is 15.9. The Balaban J connectivity index is 2.35. The number of nitrogens with one attached hydrogen (secondary N) is 1. The van der Waals surface area contributed by atoms with Gasteiger partial charge in [-0.3, -0.25) is 4.79 Å². The van der Waals surface area contributed by atoms with E-state index in [0.29, 0.717) is 18.3 Å². The van der Waals surface area contributed by atoms with Crippen LogP contribution >= 0.6 is 23.5 Å². The van der Waals surface area contributed by atoms with Crippen LogP contribution in [0.25, 0.3) is 0 Å². The number of carboxylic acid groups (broad SMARTS) is 1. The number of aliphatic carboxylic acids is 1. The van der Waals surface area contributed by atoms with Gasteiger partial charge in [0.15, 0.2) is 0 Å². The molecule has 1 saturated heterocycles. The Morgan fingerprint density at radius 3 is 2.62 bits per heavy atom. The van der Waals surface area contributed by atoms with Gasteiger partial charge in [0.25, 0.3) is 0 Å². The van der Waals surface area contributed by atoms with Gasteiger partial charge in [-0.15, -0.1) is 0 Å². The van der Waals surface area contributed by atoms with Gasteiger partial charge in [-0.2, -0.15) is 23.5 Å². The summed E-state index contributed by atoms with van der Waals surface area (Å²) in [4.78, 5) is 23.2. The minimum atomic E-state index is -1.01. The van der Waals surface area contributed by atoms with Crippen molar-refractivity contribution in [2.45, 2.75) is 50.5 Å². The third-order valence-electron chi connectivity index (χ3n) is 2.87. The Morgan fingerprint density at radius 2 is 2.10 bits per heavy atom. The summed E-state index contributed by atoms with van der Waals surface area (Å²) >= 11 is 3.64. The van der Waals surface area contributed by atoms with E-state index in [0.717, 1.165) is 17.3 Å². The van der Waals surface area contributed by atoms with Crippen molar-refractivity contribution >= 4 is 35.4 Å². The Labute approximate surface area is 135 Å². The lowest BCUT2D eigenvalue weighted by molar-refractivity contribution is -0.142.